The zero-order valence-corrected chi connectivity index (χ0v) is 17.8. The van der Waals surface area contributed by atoms with Crippen LogP contribution in [0, 0.1) is 13.8 Å². The van der Waals surface area contributed by atoms with Crippen molar-refractivity contribution >= 4 is 17.7 Å². The van der Waals surface area contributed by atoms with Gasteiger partial charge in [0.2, 0.25) is 0 Å². The summed E-state index contributed by atoms with van der Waals surface area (Å²) in [7, 11) is 0. The van der Waals surface area contributed by atoms with Crippen LogP contribution in [0.2, 0.25) is 0 Å². The van der Waals surface area contributed by atoms with Gasteiger partial charge in [0.15, 0.2) is 5.78 Å². The van der Waals surface area contributed by atoms with Gasteiger partial charge < -0.3 is 9.88 Å². The van der Waals surface area contributed by atoms with Crippen LogP contribution in [0.15, 0.2) is 30.3 Å². The first-order valence-corrected chi connectivity index (χ1v) is 10.2. The lowest BCUT2D eigenvalue weighted by Crippen LogP contribution is -2.41. The molecule has 1 aromatic heterocycles. The van der Waals surface area contributed by atoms with E-state index in [-0.39, 0.29) is 12.3 Å². The number of aromatic nitrogens is 1. The number of nitrogens with one attached hydrogen (secondary N) is 1. The number of nitrogens with zero attached hydrogens (tertiary/aromatic N) is 2. The fraction of sp³-hybridized carbons (Fsp3) is 0.435. The Morgan fingerprint density at radius 1 is 1.10 bits per heavy atom. The molecule has 0 radical (unpaired) electrons. The molecule has 1 atom stereocenters. The molecule has 1 N–H and O–H groups in total. The third-order valence-corrected chi connectivity index (χ3v) is 5.84. The van der Waals surface area contributed by atoms with Gasteiger partial charge in [-0.2, -0.15) is 0 Å². The quantitative estimate of drug-likeness (QED) is 0.574. The summed E-state index contributed by atoms with van der Waals surface area (Å²) in [4.78, 5) is 39.6. The van der Waals surface area contributed by atoms with E-state index in [2.05, 4.69) is 12.2 Å². The molecule has 1 fully saturated rings. The Hall–Kier alpha value is -2.89. The minimum Gasteiger partial charge on any atom is -0.349 e. The number of ketones is 1. The van der Waals surface area contributed by atoms with E-state index >= 15 is 0 Å². The summed E-state index contributed by atoms with van der Waals surface area (Å²) in [5.74, 6) is -0.632. The monoisotopic (exact) mass is 395 g/mol. The predicted molar refractivity (Wildman–Crippen MR) is 112 cm³/mol. The molecule has 0 bridgehead atoms. The molecule has 0 saturated carbocycles. The van der Waals surface area contributed by atoms with Crippen molar-refractivity contribution in [3.63, 3.8) is 0 Å². The second kappa shape index (κ2) is 7.85. The number of urea groups is 1. The molecule has 3 amide bonds. The number of Topliss-reactive ketones (excluding diaryl/α,β-unsaturated/α-hetero) is 1. The molecule has 1 aromatic carbocycles. The van der Waals surface area contributed by atoms with Crippen LogP contribution in [0.4, 0.5) is 4.79 Å². The third kappa shape index (κ3) is 3.59. The Bertz CT molecular complexity index is 958. The highest BCUT2D eigenvalue weighted by molar-refractivity contribution is 6.11. The van der Waals surface area contributed by atoms with Crippen LogP contribution < -0.4 is 5.32 Å². The second-order valence-corrected chi connectivity index (χ2v) is 7.85. The summed E-state index contributed by atoms with van der Waals surface area (Å²) < 4.78 is 2.04. The fourth-order valence-electron chi connectivity index (χ4n) is 4.13. The molecule has 154 valence electrons. The molecule has 1 unspecified atom stereocenters. The van der Waals surface area contributed by atoms with Crippen LogP contribution in [0.1, 0.15) is 60.1 Å². The van der Waals surface area contributed by atoms with Gasteiger partial charge in [0.05, 0.1) is 6.54 Å². The van der Waals surface area contributed by atoms with Crippen molar-refractivity contribution in [2.24, 2.45) is 0 Å². The molecular formula is C23H29N3O3. The van der Waals surface area contributed by atoms with Crippen LogP contribution in [0.5, 0.6) is 0 Å². The maximum Gasteiger partial charge on any atom is 0.325 e. The van der Waals surface area contributed by atoms with E-state index in [1.54, 1.807) is 6.92 Å². The lowest BCUT2D eigenvalue weighted by atomic mass is 9.91. The molecule has 1 saturated heterocycles. The predicted octanol–water partition coefficient (Wildman–Crippen LogP) is 3.73. The van der Waals surface area contributed by atoms with Crippen molar-refractivity contribution in [3.05, 3.63) is 58.4 Å². The fourth-order valence-corrected chi connectivity index (χ4v) is 4.13. The number of carbonyl (C=O) groups is 3. The lowest BCUT2D eigenvalue weighted by molar-refractivity contribution is -0.130. The van der Waals surface area contributed by atoms with Gasteiger partial charge in [-0.1, -0.05) is 37.6 Å². The van der Waals surface area contributed by atoms with Crippen LogP contribution in [-0.2, 0) is 23.3 Å². The van der Waals surface area contributed by atoms with Gasteiger partial charge in [0.25, 0.3) is 5.91 Å². The Balaban J connectivity index is 1.82. The molecule has 6 nitrogen and oxygen atoms in total. The zero-order chi connectivity index (χ0) is 21.3. The number of carbonyl (C=O) groups excluding carboxylic acids is 3. The summed E-state index contributed by atoms with van der Waals surface area (Å²) in [6.45, 7) is 10.2. The van der Waals surface area contributed by atoms with Crippen LogP contribution in [-0.4, -0.2) is 33.7 Å². The summed E-state index contributed by atoms with van der Waals surface area (Å²) in [5.41, 5.74) is 3.15. The summed E-state index contributed by atoms with van der Waals surface area (Å²) in [5, 5.41) is 2.78. The highest BCUT2D eigenvalue weighted by Gasteiger charge is 2.49. The molecule has 2 heterocycles. The van der Waals surface area contributed by atoms with Gasteiger partial charge in [0.1, 0.15) is 5.54 Å². The number of aryl methyl sites for hydroxylation is 2. The van der Waals surface area contributed by atoms with Crippen molar-refractivity contribution in [1.82, 2.24) is 14.8 Å². The minimum absolute atomic E-state index is 0.233. The molecule has 1 aliphatic heterocycles. The molecule has 0 spiro atoms. The summed E-state index contributed by atoms with van der Waals surface area (Å²) in [6, 6.07) is 9.01. The van der Waals surface area contributed by atoms with E-state index in [1.807, 2.05) is 55.7 Å². The van der Waals surface area contributed by atoms with E-state index in [4.69, 9.17) is 0 Å². The minimum atomic E-state index is -1.16. The van der Waals surface area contributed by atoms with Gasteiger partial charge in [-0.3, -0.25) is 14.5 Å². The molecule has 0 aliphatic carbocycles. The lowest BCUT2D eigenvalue weighted by Gasteiger charge is -2.22. The average Bonchev–Trinajstić information content (AvgIpc) is 3.10. The number of hydrogen-bond donors (Lipinski definition) is 1. The molecule has 1 aliphatic rings. The SMILES string of the molecule is CCCc1ccc(C2(C)NC(=O)N(CC(=O)c3cc(C)n(CC)c3C)C2=O)cc1. The standard InChI is InChI=1S/C23H29N3O3/c1-6-8-17-9-11-18(12-10-17)23(5)21(28)26(22(29)24-23)14-20(27)19-13-15(3)25(7-2)16(19)4/h9-13H,6-8,14H2,1-5H3,(H,24,29). The van der Waals surface area contributed by atoms with Gasteiger partial charge in [-0.25, -0.2) is 4.79 Å². The topological polar surface area (TPSA) is 71.4 Å². The normalized spacial score (nSPS) is 19.0. The van der Waals surface area contributed by atoms with E-state index < -0.39 is 17.5 Å². The van der Waals surface area contributed by atoms with Gasteiger partial charge in [-0.05, 0) is 51.3 Å². The molecule has 6 heteroatoms. The average molecular weight is 396 g/mol. The number of benzene rings is 1. The van der Waals surface area contributed by atoms with E-state index in [1.165, 1.54) is 5.56 Å². The van der Waals surface area contributed by atoms with E-state index in [9.17, 15) is 14.4 Å². The Morgan fingerprint density at radius 2 is 1.76 bits per heavy atom. The van der Waals surface area contributed by atoms with Crippen molar-refractivity contribution in [3.8, 4) is 0 Å². The molecule has 29 heavy (non-hydrogen) atoms. The number of amides is 3. The first kappa shape index (κ1) is 20.8. The second-order valence-electron chi connectivity index (χ2n) is 7.85. The van der Waals surface area contributed by atoms with Crippen molar-refractivity contribution in [2.45, 2.75) is 59.5 Å². The molecular weight excluding hydrogens is 366 g/mol. The highest BCUT2D eigenvalue weighted by Crippen LogP contribution is 2.29. The molecule has 3 rings (SSSR count). The number of imide groups is 1. The number of rotatable bonds is 7. The molecule has 2 aromatic rings. The van der Waals surface area contributed by atoms with Gasteiger partial charge in [0, 0.05) is 23.5 Å². The van der Waals surface area contributed by atoms with E-state index in [0.717, 1.165) is 41.2 Å². The Morgan fingerprint density at radius 3 is 2.31 bits per heavy atom. The largest absolute Gasteiger partial charge is 0.349 e. The van der Waals surface area contributed by atoms with Crippen LogP contribution >= 0.6 is 0 Å². The first-order valence-electron chi connectivity index (χ1n) is 10.2. The summed E-state index contributed by atoms with van der Waals surface area (Å²) >= 11 is 0. The number of hydrogen-bond acceptors (Lipinski definition) is 3. The van der Waals surface area contributed by atoms with Crippen molar-refractivity contribution in [1.29, 1.82) is 0 Å². The third-order valence-electron chi connectivity index (χ3n) is 5.84. The van der Waals surface area contributed by atoms with Crippen LogP contribution in [0.3, 0.4) is 0 Å². The first-order chi connectivity index (χ1) is 13.7. The van der Waals surface area contributed by atoms with E-state index in [0.29, 0.717) is 5.56 Å². The summed E-state index contributed by atoms with van der Waals surface area (Å²) in [6.07, 6.45) is 2.01. The van der Waals surface area contributed by atoms with Gasteiger partial charge in [-0.15, -0.1) is 0 Å². The zero-order valence-electron chi connectivity index (χ0n) is 17.8. The highest BCUT2D eigenvalue weighted by atomic mass is 16.2. The Labute approximate surface area is 171 Å². The van der Waals surface area contributed by atoms with Crippen LogP contribution in [0.25, 0.3) is 0 Å². The van der Waals surface area contributed by atoms with Gasteiger partial charge >= 0.3 is 6.03 Å². The van der Waals surface area contributed by atoms with Crippen molar-refractivity contribution in [2.75, 3.05) is 6.54 Å². The smallest absolute Gasteiger partial charge is 0.325 e. The van der Waals surface area contributed by atoms with Crippen molar-refractivity contribution < 1.29 is 14.4 Å². The maximum atomic E-state index is 13.1. The Kier molecular flexibility index (Phi) is 5.64. The maximum absolute atomic E-state index is 13.1.